The minimum Gasteiger partial charge on any atom is -0.444 e. The van der Waals surface area contributed by atoms with Gasteiger partial charge in [0, 0.05) is 0 Å². The number of nitriles is 1. The molecule has 1 heterocycles. The molecule has 3 aromatic carbocycles. The fourth-order valence-corrected chi connectivity index (χ4v) is 3.30. The van der Waals surface area contributed by atoms with Gasteiger partial charge in [-0.1, -0.05) is 36.4 Å². The molecule has 0 aromatic heterocycles. The van der Waals surface area contributed by atoms with E-state index in [9.17, 15) is 19.2 Å². The van der Waals surface area contributed by atoms with Crippen LogP contribution in [0, 0.1) is 11.3 Å². The quantitative estimate of drug-likeness (QED) is 0.443. The maximum atomic E-state index is 13.1. The predicted molar refractivity (Wildman–Crippen MR) is 115 cm³/mol. The van der Waals surface area contributed by atoms with Crippen LogP contribution in [0.3, 0.4) is 0 Å². The Labute approximate surface area is 188 Å². The largest absolute Gasteiger partial charge is 0.444 e. The third-order valence-electron chi connectivity index (χ3n) is 4.94. The van der Waals surface area contributed by atoms with Gasteiger partial charge in [-0.15, -0.1) is 0 Å². The zero-order valence-corrected chi connectivity index (χ0v) is 17.1. The lowest BCUT2D eigenvalue weighted by Gasteiger charge is -2.16. The van der Waals surface area contributed by atoms with Gasteiger partial charge in [0.25, 0.3) is 11.8 Å². The summed E-state index contributed by atoms with van der Waals surface area (Å²) in [5.41, 5.74) is 0.824. The highest BCUT2D eigenvalue weighted by molar-refractivity contribution is 6.25. The van der Waals surface area contributed by atoms with Crippen LogP contribution >= 0.6 is 0 Å². The first kappa shape index (κ1) is 21.5. The summed E-state index contributed by atoms with van der Waals surface area (Å²) in [5, 5.41) is 8.98. The van der Waals surface area contributed by atoms with Crippen molar-refractivity contribution in [3.05, 3.63) is 102 Å². The lowest BCUT2D eigenvalue weighted by atomic mass is 10.2. The number of benzene rings is 3. The van der Waals surface area contributed by atoms with Gasteiger partial charge in [0.05, 0.1) is 28.4 Å². The van der Waals surface area contributed by atoms with Crippen LogP contribution in [0.5, 0.6) is 0 Å². The third kappa shape index (κ3) is 4.34. The number of imide groups is 1. The zero-order valence-electron chi connectivity index (χ0n) is 17.1. The molecule has 1 fully saturated rings. The van der Waals surface area contributed by atoms with E-state index in [4.69, 9.17) is 14.7 Å². The van der Waals surface area contributed by atoms with E-state index in [1.165, 1.54) is 48.5 Å². The summed E-state index contributed by atoms with van der Waals surface area (Å²) in [7, 11) is 0. The van der Waals surface area contributed by atoms with Crippen molar-refractivity contribution in [1.29, 1.82) is 5.26 Å². The van der Waals surface area contributed by atoms with Crippen LogP contribution in [-0.2, 0) is 19.1 Å². The molecule has 0 unspecified atom stereocenters. The number of hydrogen-bond donors (Lipinski definition) is 0. The van der Waals surface area contributed by atoms with E-state index in [1.807, 2.05) is 6.07 Å². The standard InChI is InChI=1S/C25H16N2O6/c26-15-16-11-13-19(14-12-16)27-22(28)20(32-24(30)17-7-3-1-4-8-17)21(23(27)29)33-25(31)18-9-5-2-6-10-18/h1-14,20-21H/t20-,21+. The minimum absolute atomic E-state index is 0.156. The summed E-state index contributed by atoms with van der Waals surface area (Å²) in [6, 6.07) is 23.5. The van der Waals surface area contributed by atoms with Crippen molar-refractivity contribution in [3.63, 3.8) is 0 Å². The highest BCUT2D eigenvalue weighted by Crippen LogP contribution is 2.28. The van der Waals surface area contributed by atoms with Crippen LogP contribution in [0.2, 0.25) is 0 Å². The molecule has 1 saturated heterocycles. The summed E-state index contributed by atoms with van der Waals surface area (Å²) in [6.45, 7) is 0. The SMILES string of the molecule is N#Cc1ccc(N2C(=O)[C@@H](OC(=O)c3ccccc3)[C@@H](OC(=O)c3ccccc3)C2=O)cc1. The van der Waals surface area contributed by atoms with Crippen molar-refractivity contribution in [1.82, 2.24) is 0 Å². The molecule has 8 nitrogen and oxygen atoms in total. The molecule has 0 bridgehead atoms. The maximum absolute atomic E-state index is 13.1. The topological polar surface area (TPSA) is 114 Å². The zero-order chi connectivity index (χ0) is 23.4. The number of amides is 2. The van der Waals surface area contributed by atoms with Crippen LogP contribution in [0.4, 0.5) is 5.69 Å². The van der Waals surface area contributed by atoms with Crippen molar-refractivity contribution >= 4 is 29.4 Å². The molecular formula is C25H16N2O6. The smallest absolute Gasteiger partial charge is 0.339 e. The number of anilines is 1. The van der Waals surface area contributed by atoms with Crippen molar-refractivity contribution in [2.45, 2.75) is 12.2 Å². The van der Waals surface area contributed by atoms with Gasteiger partial charge in [0.1, 0.15) is 0 Å². The molecule has 3 aromatic rings. The Kier molecular flexibility index (Phi) is 5.96. The Hall–Kier alpha value is -4.77. The van der Waals surface area contributed by atoms with Gasteiger partial charge in [0.2, 0.25) is 12.2 Å². The van der Waals surface area contributed by atoms with E-state index in [0.29, 0.717) is 5.56 Å². The van der Waals surface area contributed by atoms with Gasteiger partial charge in [-0.05, 0) is 48.5 Å². The fourth-order valence-electron chi connectivity index (χ4n) is 3.30. The first-order chi connectivity index (χ1) is 16.0. The normalized spacial score (nSPS) is 17.4. The first-order valence-electron chi connectivity index (χ1n) is 9.89. The highest BCUT2D eigenvalue weighted by Gasteiger charge is 2.53. The number of ether oxygens (including phenoxy) is 2. The lowest BCUT2D eigenvalue weighted by molar-refractivity contribution is -0.130. The fraction of sp³-hybridized carbons (Fsp3) is 0.0800. The molecule has 0 aliphatic carbocycles. The van der Waals surface area contributed by atoms with Crippen LogP contribution in [-0.4, -0.2) is 36.0 Å². The summed E-state index contributed by atoms with van der Waals surface area (Å²) in [6.07, 6.45) is -3.35. The second kappa shape index (κ2) is 9.16. The minimum atomic E-state index is -1.67. The second-order valence-electron chi connectivity index (χ2n) is 7.05. The van der Waals surface area contributed by atoms with Gasteiger partial charge in [0.15, 0.2) is 0 Å². The Morgan fingerprint density at radius 1 is 0.697 bits per heavy atom. The summed E-state index contributed by atoms with van der Waals surface area (Å²) in [4.78, 5) is 52.3. The van der Waals surface area contributed by atoms with E-state index in [2.05, 4.69) is 0 Å². The molecule has 1 aliphatic rings. The Bertz CT molecular complexity index is 1180. The van der Waals surface area contributed by atoms with Crippen LogP contribution in [0.25, 0.3) is 0 Å². The van der Waals surface area contributed by atoms with Crippen LogP contribution < -0.4 is 4.90 Å². The number of rotatable bonds is 5. The molecule has 162 valence electrons. The van der Waals surface area contributed by atoms with E-state index < -0.39 is 36.0 Å². The molecule has 4 rings (SSSR count). The average molecular weight is 440 g/mol. The van der Waals surface area contributed by atoms with Gasteiger partial charge < -0.3 is 9.47 Å². The molecule has 0 spiro atoms. The Morgan fingerprint density at radius 3 is 1.52 bits per heavy atom. The van der Waals surface area contributed by atoms with E-state index in [1.54, 1.807) is 36.4 Å². The molecule has 8 heteroatoms. The highest BCUT2D eigenvalue weighted by atomic mass is 16.6. The molecular weight excluding hydrogens is 424 g/mol. The van der Waals surface area contributed by atoms with Gasteiger partial charge in [-0.3, -0.25) is 9.59 Å². The molecule has 2 amide bonds. The average Bonchev–Trinajstić information content (AvgIpc) is 3.09. The Morgan fingerprint density at radius 2 is 1.12 bits per heavy atom. The van der Waals surface area contributed by atoms with Gasteiger partial charge >= 0.3 is 11.9 Å². The summed E-state index contributed by atoms with van der Waals surface area (Å²) < 4.78 is 10.7. The van der Waals surface area contributed by atoms with Crippen molar-refractivity contribution in [3.8, 4) is 6.07 Å². The van der Waals surface area contributed by atoms with Crippen molar-refractivity contribution < 1.29 is 28.7 Å². The monoisotopic (exact) mass is 440 g/mol. The number of hydrogen-bond acceptors (Lipinski definition) is 7. The number of carbonyl (C=O) groups excluding carboxylic acids is 4. The summed E-state index contributed by atoms with van der Waals surface area (Å²) in [5.74, 6) is -3.41. The molecule has 0 N–H and O–H groups in total. The number of carbonyl (C=O) groups is 4. The van der Waals surface area contributed by atoms with E-state index in [0.717, 1.165) is 4.90 Å². The lowest BCUT2D eigenvalue weighted by Crippen LogP contribution is -2.37. The van der Waals surface area contributed by atoms with Crippen LogP contribution in [0.15, 0.2) is 84.9 Å². The van der Waals surface area contributed by atoms with E-state index in [-0.39, 0.29) is 16.8 Å². The van der Waals surface area contributed by atoms with Crippen molar-refractivity contribution in [2.24, 2.45) is 0 Å². The Balaban J connectivity index is 1.65. The summed E-state index contributed by atoms with van der Waals surface area (Å²) >= 11 is 0. The molecule has 0 radical (unpaired) electrons. The number of esters is 2. The maximum Gasteiger partial charge on any atom is 0.339 e. The predicted octanol–water partition coefficient (Wildman–Crippen LogP) is 2.88. The second-order valence-corrected chi connectivity index (χ2v) is 7.05. The molecule has 0 saturated carbocycles. The van der Waals surface area contributed by atoms with Gasteiger partial charge in [-0.2, -0.15) is 5.26 Å². The number of nitrogens with zero attached hydrogens (tertiary/aromatic N) is 2. The molecule has 33 heavy (non-hydrogen) atoms. The third-order valence-corrected chi connectivity index (χ3v) is 4.94. The van der Waals surface area contributed by atoms with E-state index >= 15 is 0 Å². The molecule has 2 atom stereocenters. The van der Waals surface area contributed by atoms with Gasteiger partial charge in [-0.25, -0.2) is 14.5 Å². The van der Waals surface area contributed by atoms with Crippen LogP contribution in [0.1, 0.15) is 26.3 Å². The van der Waals surface area contributed by atoms with Crippen molar-refractivity contribution in [2.75, 3.05) is 4.90 Å². The first-order valence-corrected chi connectivity index (χ1v) is 9.89. The molecule has 1 aliphatic heterocycles.